The van der Waals surface area contributed by atoms with Crippen molar-refractivity contribution in [3.8, 4) is 5.75 Å². The van der Waals surface area contributed by atoms with Gasteiger partial charge in [0.15, 0.2) is 0 Å². The maximum absolute atomic E-state index is 11.9. The Hall–Kier alpha value is -3.02. The highest BCUT2D eigenvalue weighted by atomic mass is 16.5. The van der Waals surface area contributed by atoms with E-state index in [0.29, 0.717) is 24.5 Å². The molecule has 0 aliphatic carbocycles. The Labute approximate surface area is 160 Å². The molecule has 0 aromatic heterocycles. The summed E-state index contributed by atoms with van der Waals surface area (Å²) in [5.41, 5.74) is 2.58. The lowest BCUT2D eigenvalue weighted by molar-refractivity contribution is -0.114. The van der Waals surface area contributed by atoms with Gasteiger partial charge in [0.05, 0.1) is 6.54 Å². The zero-order valence-corrected chi connectivity index (χ0v) is 16.3. The van der Waals surface area contributed by atoms with Crippen LogP contribution in [0, 0.1) is 0 Å². The Kier molecular flexibility index (Phi) is 6.82. The number of ether oxygens (including phenoxy) is 1. The van der Waals surface area contributed by atoms with Crippen molar-refractivity contribution in [1.29, 1.82) is 0 Å². The number of rotatable bonds is 6. The number of anilines is 2. The van der Waals surface area contributed by atoms with Gasteiger partial charge in [-0.2, -0.15) is 0 Å². The summed E-state index contributed by atoms with van der Waals surface area (Å²) in [5.74, 6) is 0.652. The van der Waals surface area contributed by atoms with Crippen LogP contribution in [0.15, 0.2) is 48.5 Å². The first-order valence-corrected chi connectivity index (χ1v) is 8.90. The van der Waals surface area contributed by atoms with Gasteiger partial charge in [-0.05, 0) is 47.4 Å². The summed E-state index contributed by atoms with van der Waals surface area (Å²) >= 11 is 0. The van der Waals surface area contributed by atoms with Crippen molar-refractivity contribution in [3.05, 3.63) is 54.1 Å². The van der Waals surface area contributed by atoms with Crippen molar-refractivity contribution in [1.82, 2.24) is 5.32 Å². The van der Waals surface area contributed by atoms with Gasteiger partial charge in [0.1, 0.15) is 12.4 Å². The molecule has 27 heavy (non-hydrogen) atoms. The van der Waals surface area contributed by atoms with Crippen molar-refractivity contribution in [2.45, 2.75) is 33.1 Å². The summed E-state index contributed by atoms with van der Waals surface area (Å²) in [4.78, 5) is 22.9. The molecule has 0 aliphatic heterocycles. The molecule has 2 aromatic rings. The minimum atomic E-state index is -0.311. The van der Waals surface area contributed by atoms with E-state index in [9.17, 15) is 9.59 Å². The molecule has 0 bridgehead atoms. The molecule has 6 nitrogen and oxygen atoms in total. The Morgan fingerprint density at radius 2 is 1.59 bits per heavy atom. The molecule has 0 radical (unpaired) electrons. The molecule has 3 N–H and O–H groups in total. The minimum Gasteiger partial charge on any atom is -0.492 e. The number of carbonyl (C=O) groups excluding carboxylic acids is 2. The van der Waals surface area contributed by atoms with Gasteiger partial charge >= 0.3 is 6.03 Å². The zero-order valence-electron chi connectivity index (χ0n) is 16.3. The van der Waals surface area contributed by atoms with Crippen LogP contribution in [0.1, 0.15) is 33.3 Å². The fourth-order valence-electron chi connectivity index (χ4n) is 2.40. The van der Waals surface area contributed by atoms with Crippen molar-refractivity contribution in [2.24, 2.45) is 0 Å². The van der Waals surface area contributed by atoms with Crippen LogP contribution in [0.4, 0.5) is 16.2 Å². The van der Waals surface area contributed by atoms with E-state index in [1.165, 1.54) is 12.5 Å². The predicted octanol–water partition coefficient (Wildman–Crippen LogP) is 4.14. The minimum absolute atomic E-state index is 0.0625. The van der Waals surface area contributed by atoms with Crippen LogP contribution >= 0.6 is 0 Å². The van der Waals surface area contributed by atoms with Crippen molar-refractivity contribution in [2.75, 3.05) is 23.8 Å². The summed E-state index contributed by atoms with van der Waals surface area (Å²) in [6.45, 7) is 8.67. The Morgan fingerprint density at radius 3 is 2.19 bits per heavy atom. The quantitative estimate of drug-likeness (QED) is 0.670. The van der Waals surface area contributed by atoms with Crippen LogP contribution in [0.5, 0.6) is 5.75 Å². The number of carbonyl (C=O) groups is 2. The van der Waals surface area contributed by atoms with Crippen LogP contribution in [0.3, 0.4) is 0 Å². The average Bonchev–Trinajstić information content (AvgIpc) is 2.59. The number of hydrogen-bond acceptors (Lipinski definition) is 3. The van der Waals surface area contributed by atoms with E-state index in [2.05, 4.69) is 42.8 Å². The van der Waals surface area contributed by atoms with Crippen LogP contribution in [-0.2, 0) is 10.2 Å². The Balaban J connectivity index is 1.74. The summed E-state index contributed by atoms with van der Waals surface area (Å²) in [7, 11) is 0. The van der Waals surface area contributed by atoms with E-state index in [0.717, 1.165) is 5.75 Å². The highest BCUT2D eigenvalue weighted by Gasteiger charge is 2.13. The molecule has 0 saturated carbocycles. The van der Waals surface area contributed by atoms with Crippen LogP contribution in [-0.4, -0.2) is 25.1 Å². The van der Waals surface area contributed by atoms with Gasteiger partial charge in [-0.3, -0.25) is 4.79 Å². The molecule has 0 fully saturated rings. The van der Waals surface area contributed by atoms with Crippen LogP contribution < -0.4 is 20.7 Å². The van der Waals surface area contributed by atoms with E-state index in [4.69, 9.17) is 4.74 Å². The van der Waals surface area contributed by atoms with Crippen LogP contribution in [0.2, 0.25) is 0 Å². The third-order valence-corrected chi connectivity index (χ3v) is 3.82. The standard InChI is InChI=1S/C21H27N3O3/c1-15(25)23-17-8-10-18(11-9-17)24-20(26)22-12-13-27-19-7-5-6-16(14-19)21(2,3)4/h5-11,14H,12-13H2,1-4H3,(H,23,25)(H2,22,24,26). The predicted molar refractivity (Wildman–Crippen MR) is 108 cm³/mol. The monoisotopic (exact) mass is 369 g/mol. The van der Waals surface area contributed by atoms with Crippen molar-refractivity contribution >= 4 is 23.3 Å². The Bertz CT molecular complexity index is 780. The van der Waals surface area contributed by atoms with E-state index >= 15 is 0 Å². The molecular weight excluding hydrogens is 342 g/mol. The first-order valence-electron chi connectivity index (χ1n) is 8.90. The van der Waals surface area contributed by atoms with Gasteiger partial charge in [0, 0.05) is 18.3 Å². The highest BCUT2D eigenvalue weighted by Crippen LogP contribution is 2.25. The molecule has 0 atom stereocenters. The van der Waals surface area contributed by atoms with Crippen molar-refractivity contribution in [3.63, 3.8) is 0 Å². The second-order valence-electron chi connectivity index (χ2n) is 7.27. The molecule has 0 spiro atoms. The van der Waals surface area contributed by atoms with Crippen LogP contribution in [0.25, 0.3) is 0 Å². The molecule has 2 aromatic carbocycles. The molecule has 0 saturated heterocycles. The zero-order chi connectivity index (χ0) is 19.9. The molecular formula is C21H27N3O3. The lowest BCUT2D eigenvalue weighted by Gasteiger charge is -2.19. The smallest absolute Gasteiger partial charge is 0.319 e. The van der Waals surface area contributed by atoms with Gasteiger partial charge in [0.25, 0.3) is 0 Å². The summed E-state index contributed by atoms with van der Waals surface area (Å²) in [6, 6.07) is 14.6. The van der Waals surface area contributed by atoms with Gasteiger partial charge in [-0.1, -0.05) is 32.9 Å². The Morgan fingerprint density at radius 1 is 0.963 bits per heavy atom. The van der Waals surface area contributed by atoms with E-state index in [1.54, 1.807) is 24.3 Å². The summed E-state index contributed by atoms with van der Waals surface area (Å²) < 4.78 is 5.71. The van der Waals surface area contributed by atoms with E-state index < -0.39 is 0 Å². The fourth-order valence-corrected chi connectivity index (χ4v) is 2.40. The number of urea groups is 1. The van der Waals surface area contributed by atoms with Gasteiger partial charge in [0.2, 0.25) is 5.91 Å². The summed E-state index contributed by atoms with van der Waals surface area (Å²) in [5, 5.41) is 8.15. The molecule has 0 aliphatic rings. The maximum atomic E-state index is 11.9. The lowest BCUT2D eigenvalue weighted by Crippen LogP contribution is -2.32. The number of amides is 3. The molecule has 2 rings (SSSR count). The summed E-state index contributed by atoms with van der Waals surface area (Å²) in [6.07, 6.45) is 0. The first-order chi connectivity index (χ1) is 12.7. The fraction of sp³-hybridized carbons (Fsp3) is 0.333. The lowest BCUT2D eigenvalue weighted by atomic mass is 9.87. The second kappa shape index (κ2) is 9.07. The number of nitrogens with one attached hydrogen (secondary N) is 3. The highest BCUT2D eigenvalue weighted by molar-refractivity contribution is 5.91. The topological polar surface area (TPSA) is 79.5 Å². The second-order valence-corrected chi connectivity index (χ2v) is 7.27. The molecule has 0 heterocycles. The average molecular weight is 369 g/mol. The SMILES string of the molecule is CC(=O)Nc1ccc(NC(=O)NCCOc2cccc(C(C)(C)C)c2)cc1. The molecule has 3 amide bonds. The largest absolute Gasteiger partial charge is 0.492 e. The molecule has 6 heteroatoms. The van der Waals surface area contributed by atoms with Crippen molar-refractivity contribution < 1.29 is 14.3 Å². The third-order valence-electron chi connectivity index (χ3n) is 3.82. The maximum Gasteiger partial charge on any atom is 0.319 e. The van der Waals surface area contributed by atoms with Gasteiger partial charge in [-0.15, -0.1) is 0 Å². The number of hydrogen-bond donors (Lipinski definition) is 3. The molecule has 0 unspecified atom stereocenters. The normalized spacial score (nSPS) is 10.8. The van der Waals surface area contributed by atoms with E-state index in [-0.39, 0.29) is 17.4 Å². The van der Waals surface area contributed by atoms with Gasteiger partial charge in [-0.25, -0.2) is 4.79 Å². The molecule has 144 valence electrons. The third kappa shape index (κ3) is 7.01. The first kappa shape index (κ1) is 20.3. The number of benzene rings is 2. The van der Waals surface area contributed by atoms with Gasteiger partial charge < -0.3 is 20.7 Å². The van der Waals surface area contributed by atoms with E-state index in [1.807, 2.05) is 18.2 Å².